The molecule has 0 atom stereocenters. The molecule has 1 aromatic carbocycles. The fraction of sp³-hybridized carbons (Fsp3) is 0.250. The Bertz CT molecular complexity index is 275. The predicted molar refractivity (Wildman–Crippen MR) is 46.5 cm³/mol. The zero-order valence-corrected chi connectivity index (χ0v) is 7.52. The number of nitrogens with one attached hydrogen (secondary N) is 1. The molecule has 1 N–H and O–H groups in total. The lowest BCUT2D eigenvalue weighted by Crippen LogP contribution is -2.25. The quantitative estimate of drug-likeness (QED) is 0.711. The van der Waals surface area contributed by atoms with Crippen LogP contribution in [0.1, 0.15) is 5.56 Å². The van der Waals surface area contributed by atoms with E-state index in [-0.39, 0.29) is 0 Å². The second kappa shape index (κ2) is 2.83. The topological polar surface area (TPSA) is 21.3 Å². The molecule has 11 heavy (non-hydrogen) atoms. The molecule has 0 unspecified atom stereocenters. The van der Waals surface area contributed by atoms with Crippen molar-refractivity contribution >= 4 is 15.9 Å². The minimum atomic E-state index is 0.607. The van der Waals surface area contributed by atoms with E-state index in [9.17, 15) is 0 Å². The molecule has 0 aliphatic carbocycles. The molecule has 2 rings (SSSR count). The number of para-hydroxylation sites is 1. The van der Waals surface area contributed by atoms with Crippen molar-refractivity contribution in [2.45, 2.75) is 6.54 Å². The third-order valence-electron chi connectivity index (χ3n) is 1.68. The summed E-state index contributed by atoms with van der Waals surface area (Å²) < 4.78 is 6.43. The predicted octanol–water partition coefficient (Wildman–Crippen LogP) is 1.89. The highest BCUT2D eigenvalue weighted by molar-refractivity contribution is 9.10. The molecule has 58 valence electrons. The Morgan fingerprint density at radius 3 is 3.18 bits per heavy atom. The van der Waals surface area contributed by atoms with Crippen molar-refractivity contribution < 1.29 is 4.74 Å². The molecule has 1 aliphatic heterocycles. The maximum absolute atomic E-state index is 5.40. The Morgan fingerprint density at radius 2 is 2.36 bits per heavy atom. The van der Waals surface area contributed by atoms with Crippen LogP contribution >= 0.6 is 15.9 Å². The SMILES string of the molecule is Brc1cccc2c1OCNC2. The number of rotatable bonds is 0. The molecule has 3 heteroatoms. The van der Waals surface area contributed by atoms with E-state index < -0.39 is 0 Å². The molecule has 0 amide bonds. The van der Waals surface area contributed by atoms with Crippen LogP contribution in [0.3, 0.4) is 0 Å². The van der Waals surface area contributed by atoms with E-state index in [1.165, 1.54) is 5.56 Å². The number of fused-ring (bicyclic) bond motifs is 1. The van der Waals surface area contributed by atoms with Crippen molar-refractivity contribution in [1.29, 1.82) is 0 Å². The monoisotopic (exact) mass is 213 g/mol. The highest BCUT2D eigenvalue weighted by atomic mass is 79.9. The first-order chi connectivity index (χ1) is 5.38. The van der Waals surface area contributed by atoms with E-state index in [4.69, 9.17) is 4.74 Å². The van der Waals surface area contributed by atoms with Gasteiger partial charge in [0.05, 0.1) is 4.47 Å². The lowest BCUT2D eigenvalue weighted by Gasteiger charge is -2.18. The molecule has 0 spiro atoms. The minimum absolute atomic E-state index is 0.607. The first-order valence-electron chi connectivity index (χ1n) is 3.49. The van der Waals surface area contributed by atoms with E-state index >= 15 is 0 Å². The van der Waals surface area contributed by atoms with Gasteiger partial charge in [0, 0.05) is 12.1 Å². The Morgan fingerprint density at radius 1 is 1.45 bits per heavy atom. The van der Waals surface area contributed by atoms with Gasteiger partial charge in [0.1, 0.15) is 12.5 Å². The van der Waals surface area contributed by atoms with Crippen molar-refractivity contribution in [3.05, 3.63) is 28.2 Å². The fourth-order valence-corrected chi connectivity index (χ4v) is 1.68. The van der Waals surface area contributed by atoms with Gasteiger partial charge in [0.2, 0.25) is 0 Å². The molecule has 2 nitrogen and oxygen atoms in total. The maximum Gasteiger partial charge on any atom is 0.139 e. The van der Waals surface area contributed by atoms with Crippen molar-refractivity contribution in [1.82, 2.24) is 5.32 Å². The molecule has 0 aromatic heterocycles. The summed E-state index contributed by atoms with van der Waals surface area (Å²) in [5.74, 6) is 0.978. The average molecular weight is 214 g/mol. The summed E-state index contributed by atoms with van der Waals surface area (Å²) in [5, 5.41) is 3.13. The van der Waals surface area contributed by atoms with E-state index in [2.05, 4.69) is 27.3 Å². The number of halogens is 1. The number of benzene rings is 1. The molecule has 1 aliphatic rings. The largest absolute Gasteiger partial charge is 0.477 e. The third kappa shape index (κ3) is 1.26. The summed E-state index contributed by atoms with van der Waals surface area (Å²) in [6.07, 6.45) is 0. The van der Waals surface area contributed by atoms with E-state index in [0.29, 0.717) is 6.73 Å². The second-order valence-corrected chi connectivity index (χ2v) is 3.30. The second-order valence-electron chi connectivity index (χ2n) is 2.44. The van der Waals surface area contributed by atoms with Gasteiger partial charge >= 0.3 is 0 Å². The van der Waals surface area contributed by atoms with E-state index in [1.54, 1.807) is 0 Å². The highest BCUT2D eigenvalue weighted by Gasteiger charge is 2.11. The van der Waals surface area contributed by atoms with Crippen LogP contribution in [0, 0.1) is 0 Å². The summed E-state index contributed by atoms with van der Waals surface area (Å²) in [6.45, 7) is 1.50. The summed E-state index contributed by atoms with van der Waals surface area (Å²) >= 11 is 3.43. The van der Waals surface area contributed by atoms with Crippen molar-refractivity contribution in [3.63, 3.8) is 0 Å². The van der Waals surface area contributed by atoms with Crippen LogP contribution in [0.2, 0.25) is 0 Å². The van der Waals surface area contributed by atoms with Gasteiger partial charge in [-0.3, -0.25) is 5.32 Å². The zero-order valence-electron chi connectivity index (χ0n) is 5.93. The number of hydrogen-bond donors (Lipinski definition) is 1. The van der Waals surface area contributed by atoms with Gasteiger partial charge in [-0.1, -0.05) is 12.1 Å². The smallest absolute Gasteiger partial charge is 0.139 e. The highest BCUT2D eigenvalue weighted by Crippen LogP contribution is 2.30. The van der Waals surface area contributed by atoms with Crippen LogP contribution in [0.4, 0.5) is 0 Å². The summed E-state index contributed by atoms with van der Waals surface area (Å²) in [6, 6.07) is 6.07. The molecule has 0 saturated carbocycles. The van der Waals surface area contributed by atoms with Crippen LogP contribution in [-0.4, -0.2) is 6.73 Å². The molecule has 0 radical (unpaired) electrons. The zero-order chi connectivity index (χ0) is 7.68. The Kier molecular flexibility index (Phi) is 1.84. The summed E-state index contributed by atoms with van der Waals surface area (Å²) in [4.78, 5) is 0. The Labute approximate surface area is 73.7 Å². The average Bonchev–Trinajstić information content (AvgIpc) is 2.06. The molecule has 1 heterocycles. The fourth-order valence-electron chi connectivity index (χ4n) is 1.16. The van der Waals surface area contributed by atoms with Crippen LogP contribution < -0.4 is 10.1 Å². The number of hydrogen-bond acceptors (Lipinski definition) is 2. The Hall–Kier alpha value is -0.540. The van der Waals surface area contributed by atoms with E-state index in [1.807, 2.05) is 12.1 Å². The lowest BCUT2D eigenvalue weighted by molar-refractivity contribution is 0.255. The Balaban J connectivity index is 2.49. The lowest BCUT2D eigenvalue weighted by atomic mass is 10.2. The van der Waals surface area contributed by atoms with Crippen LogP contribution in [0.25, 0.3) is 0 Å². The van der Waals surface area contributed by atoms with Gasteiger partial charge < -0.3 is 4.74 Å². The summed E-state index contributed by atoms with van der Waals surface area (Å²) in [5.41, 5.74) is 1.21. The van der Waals surface area contributed by atoms with Crippen LogP contribution in [-0.2, 0) is 6.54 Å². The first-order valence-corrected chi connectivity index (χ1v) is 4.28. The summed E-state index contributed by atoms with van der Waals surface area (Å²) in [7, 11) is 0. The molecular weight excluding hydrogens is 206 g/mol. The van der Waals surface area contributed by atoms with Gasteiger partial charge in [0.25, 0.3) is 0 Å². The van der Waals surface area contributed by atoms with Gasteiger partial charge in [-0.05, 0) is 22.0 Å². The van der Waals surface area contributed by atoms with Crippen molar-refractivity contribution in [3.8, 4) is 5.75 Å². The first kappa shape index (κ1) is 7.13. The van der Waals surface area contributed by atoms with Gasteiger partial charge in [-0.2, -0.15) is 0 Å². The van der Waals surface area contributed by atoms with Gasteiger partial charge in [-0.25, -0.2) is 0 Å². The number of ether oxygens (including phenoxy) is 1. The van der Waals surface area contributed by atoms with Crippen molar-refractivity contribution in [2.75, 3.05) is 6.73 Å². The molecular formula is C8H8BrNO. The van der Waals surface area contributed by atoms with E-state index in [0.717, 1.165) is 16.8 Å². The molecule has 0 saturated heterocycles. The van der Waals surface area contributed by atoms with Gasteiger partial charge in [0.15, 0.2) is 0 Å². The normalized spacial score (nSPS) is 15.4. The van der Waals surface area contributed by atoms with Crippen LogP contribution in [0.15, 0.2) is 22.7 Å². The van der Waals surface area contributed by atoms with Crippen molar-refractivity contribution in [2.24, 2.45) is 0 Å². The molecule has 1 aromatic rings. The third-order valence-corrected chi connectivity index (χ3v) is 2.31. The standard InChI is InChI=1S/C8H8BrNO/c9-7-3-1-2-6-4-10-5-11-8(6)7/h1-3,10H,4-5H2. The minimum Gasteiger partial charge on any atom is -0.477 e. The van der Waals surface area contributed by atoms with Crippen LogP contribution in [0.5, 0.6) is 5.75 Å². The maximum atomic E-state index is 5.40. The van der Waals surface area contributed by atoms with Gasteiger partial charge in [-0.15, -0.1) is 0 Å². The molecule has 0 fully saturated rings. The molecule has 0 bridgehead atoms.